The molecule has 2 rings (SSSR count). The monoisotopic (exact) mass is 315 g/mol. The van der Waals surface area contributed by atoms with E-state index in [2.05, 4.69) is 0 Å². The second kappa shape index (κ2) is 7.22. The second-order valence-electron chi connectivity index (χ2n) is 4.88. The number of sulfonamides is 1. The lowest BCUT2D eigenvalue weighted by atomic mass is 10.1. The van der Waals surface area contributed by atoms with Crippen molar-refractivity contribution in [3.8, 4) is 5.75 Å². The first-order chi connectivity index (χ1) is 10.1. The predicted molar refractivity (Wildman–Crippen MR) is 77.8 cm³/mol. The Hall–Kier alpha value is -1.15. The van der Waals surface area contributed by atoms with E-state index in [4.69, 9.17) is 14.6 Å². The first-order valence-corrected chi connectivity index (χ1v) is 8.38. The Balaban J connectivity index is 2.04. The summed E-state index contributed by atoms with van der Waals surface area (Å²) in [6, 6.07) is 6.49. The third-order valence-electron chi connectivity index (χ3n) is 3.52. The molecule has 0 bridgehead atoms. The van der Waals surface area contributed by atoms with Crippen LogP contribution in [0.5, 0.6) is 5.75 Å². The van der Waals surface area contributed by atoms with Crippen LogP contribution in [0.3, 0.4) is 0 Å². The lowest BCUT2D eigenvalue weighted by molar-refractivity contribution is 0.00318. The van der Waals surface area contributed by atoms with Crippen molar-refractivity contribution in [3.63, 3.8) is 0 Å². The molecule has 0 saturated carbocycles. The van der Waals surface area contributed by atoms with Crippen LogP contribution in [-0.2, 0) is 14.8 Å². The lowest BCUT2D eigenvalue weighted by Crippen LogP contribution is -2.41. The number of benzene rings is 1. The molecular formula is C14H21NO5S. The van der Waals surface area contributed by atoms with Gasteiger partial charge in [0.15, 0.2) is 0 Å². The molecule has 0 atom stereocenters. The minimum atomic E-state index is -3.49. The molecule has 1 heterocycles. The van der Waals surface area contributed by atoms with Gasteiger partial charge >= 0.3 is 0 Å². The van der Waals surface area contributed by atoms with Crippen molar-refractivity contribution >= 4 is 10.0 Å². The highest BCUT2D eigenvalue weighted by atomic mass is 32.2. The molecule has 1 aromatic carbocycles. The Labute approximate surface area is 125 Å². The van der Waals surface area contributed by atoms with E-state index in [1.54, 1.807) is 18.2 Å². The van der Waals surface area contributed by atoms with Gasteiger partial charge in [0, 0.05) is 19.2 Å². The fraction of sp³-hybridized carbons (Fsp3) is 0.571. The van der Waals surface area contributed by atoms with Crippen molar-refractivity contribution < 1.29 is 23.0 Å². The maximum Gasteiger partial charge on any atom is 0.243 e. The van der Waals surface area contributed by atoms with Crippen LogP contribution in [0.1, 0.15) is 12.8 Å². The fourth-order valence-corrected chi connectivity index (χ4v) is 3.87. The Morgan fingerprint density at radius 3 is 2.67 bits per heavy atom. The van der Waals surface area contributed by atoms with Crippen molar-refractivity contribution in [1.82, 2.24) is 4.31 Å². The van der Waals surface area contributed by atoms with Crippen LogP contribution in [0.4, 0.5) is 0 Å². The van der Waals surface area contributed by atoms with Crippen LogP contribution < -0.4 is 4.74 Å². The molecule has 0 amide bonds. The maximum atomic E-state index is 12.6. The molecule has 118 valence electrons. The highest BCUT2D eigenvalue weighted by Crippen LogP contribution is 2.24. The molecule has 1 saturated heterocycles. The molecule has 0 aliphatic carbocycles. The SMILES string of the molecule is COc1cccc(S(=O)(=O)N2CCC(OCCO)CC2)c1. The van der Waals surface area contributed by atoms with E-state index in [0.29, 0.717) is 38.3 Å². The number of hydrogen-bond acceptors (Lipinski definition) is 5. The van der Waals surface area contributed by atoms with Gasteiger partial charge in [-0.2, -0.15) is 4.31 Å². The molecular weight excluding hydrogens is 294 g/mol. The van der Waals surface area contributed by atoms with E-state index in [1.165, 1.54) is 17.5 Å². The van der Waals surface area contributed by atoms with Gasteiger partial charge in [-0.25, -0.2) is 8.42 Å². The van der Waals surface area contributed by atoms with E-state index in [1.807, 2.05) is 0 Å². The van der Waals surface area contributed by atoms with Crippen molar-refractivity contribution in [2.24, 2.45) is 0 Å². The third kappa shape index (κ3) is 3.94. The molecule has 0 radical (unpaired) electrons. The summed E-state index contributed by atoms with van der Waals surface area (Å²) in [5.74, 6) is 0.525. The standard InChI is InChI=1S/C14H21NO5S/c1-19-13-3-2-4-14(11-13)21(17,18)15-7-5-12(6-8-15)20-10-9-16/h2-4,11-12,16H,5-10H2,1H3. The maximum absolute atomic E-state index is 12.6. The Morgan fingerprint density at radius 2 is 2.05 bits per heavy atom. The normalized spacial score (nSPS) is 17.8. The van der Waals surface area contributed by atoms with E-state index < -0.39 is 10.0 Å². The quantitative estimate of drug-likeness (QED) is 0.842. The second-order valence-corrected chi connectivity index (χ2v) is 6.81. The Bertz CT molecular complexity index is 552. The largest absolute Gasteiger partial charge is 0.497 e. The Kier molecular flexibility index (Phi) is 5.58. The van der Waals surface area contributed by atoms with Gasteiger partial charge in [-0.05, 0) is 25.0 Å². The molecule has 1 aliphatic heterocycles. The van der Waals surface area contributed by atoms with Gasteiger partial charge in [0.05, 0.1) is 31.3 Å². The predicted octanol–water partition coefficient (Wildman–Crippen LogP) is 0.857. The van der Waals surface area contributed by atoms with Crippen molar-refractivity contribution in [2.45, 2.75) is 23.8 Å². The average molecular weight is 315 g/mol. The summed E-state index contributed by atoms with van der Waals surface area (Å²) in [6.07, 6.45) is 1.31. The number of rotatable bonds is 6. The summed E-state index contributed by atoms with van der Waals surface area (Å²) < 4.78 is 37.1. The van der Waals surface area contributed by atoms with Crippen LogP contribution >= 0.6 is 0 Å². The third-order valence-corrected chi connectivity index (χ3v) is 5.42. The number of hydrogen-bond donors (Lipinski definition) is 1. The van der Waals surface area contributed by atoms with E-state index in [0.717, 1.165) is 0 Å². The number of aliphatic hydroxyl groups excluding tert-OH is 1. The summed E-state index contributed by atoms with van der Waals surface area (Å²) in [7, 11) is -1.98. The van der Waals surface area contributed by atoms with Gasteiger partial charge in [0.1, 0.15) is 5.75 Å². The van der Waals surface area contributed by atoms with E-state index in [-0.39, 0.29) is 17.6 Å². The summed E-state index contributed by atoms with van der Waals surface area (Å²) in [5.41, 5.74) is 0. The molecule has 1 fully saturated rings. The van der Waals surface area contributed by atoms with Gasteiger partial charge in [-0.3, -0.25) is 0 Å². The van der Waals surface area contributed by atoms with Crippen LogP contribution in [0, 0.1) is 0 Å². The zero-order valence-electron chi connectivity index (χ0n) is 12.1. The highest BCUT2D eigenvalue weighted by molar-refractivity contribution is 7.89. The number of methoxy groups -OCH3 is 1. The average Bonchev–Trinajstić information content (AvgIpc) is 2.53. The molecule has 1 N–H and O–H groups in total. The van der Waals surface area contributed by atoms with E-state index in [9.17, 15) is 8.42 Å². The molecule has 1 aromatic rings. The summed E-state index contributed by atoms with van der Waals surface area (Å²) in [4.78, 5) is 0.247. The number of ether oxygens (including phenoxy) is 2. The summed E-state index contributed by atoms with van der Waals surface area (Å²) in [6.45, 7) is 1.14. The molecule has 1 aliphatic rings. The Morgan fingerprint density at radius 1 is 1.33 bits per heavy atom. The fourth-order valence-electron chi connectivity index (χ4n) is 2.37. The van der Waals surface area contributed by atoms with Crippen molar-refractivity contribution in [2.75, 3.05) is 33.4 Å². The summed E-state index contributed by atoms with van der Waals surface area (Å²) >= 11 is 0. The number of piperidine rings is 1. The van der Waals surface area contributed by atoms with Crippen LogP contribution in [-0.4, -0.2) is 57.3 Å². The zero-order chi connectivity index (χ0) is 15.3. The smallest absolute Gasteiger partial charge is 0.243 e. The van der Waals surface area contributed by atoms with Gasteiger partial charge in [-0.15, -0.1) is 0 Å². The minimum absolute atomic E-state index is 0.0116. The zero-order valence-corrected chi connectivity index (χ0v) is 12.9. The summed E-state index contributed by atoms with van der Waals surface area (Å²) in [5, 5.41) is 8.73. The highest BCUT2D eigenvalue weighted by Gasteiger charge is 2.29. The van der Waals surface area contributed by atoms with Crippen LogP contribution in [0.2, 0.25) is 0 Å². The van der Waals surface area contributed by atoms with Crippen LogP contribution in [0.15, 0.2) is 29.2 Å². The van der Waals surface area contributed by atoms with Crippen LogP contribution in [0.25, 0.3) is 0 Å². The van der Waals surface area contributed by atoms with Crippen molar-refractivity contribution in [3.05, 3.63) is 24.3 Å². The molecule has 7 heteroatoms. The molecule has 0 unspecified atom stereocenters. The lowest BCUT2D eigenvalue weighted by Gasteiger charge is -2.31. The van der Waals surface area contributed by atoms with Gasteiger partial charge < -0.3 is 14.6 Å². The molecule has 6 nitrogen and oxygen atoms in total. The van der Waals surface area contributed by atoms with Crippen molar-refractivity contribution in [1.29, 1.82) is 0 Å². The minimum Gasteiger partial charge on any atom is -0.497 e. The first-order valence-electron chi connectivity index (χ1n) is 6.94. The first kappa shape index (κ1) is 16.2. The van der Waals surface area contributed by atoms with Gasteiger partial charge in [-0.1, -0.05) is 6.07 Å². The van der Waals surface area contributed by atoms with E-state index >= 15 is 0 Å². The number of aliphatic hydroxyl groups is 1. The molecule has 0 aromatic heterocycles. The topological polar surface area (TPSA) is 76.1 Å². The van der Waals surface area contributed by atoms with Gasteiger partial charge in [0.2, 0.25) is 10.0 Å². The molecule has 21 heavy (non-hydrogen) atoms. The van der Waals surface area contributed by atoms with Gasteiger partial charge in [0.25, 0.3) is 0 Å². The molecule has 0 spiro atoms. The number of nitrogens with zero attached hydrogens (tertiary/aromatic N) is 1.